The number of aromatic nitrogens is 3. The SMILES string of the molecule is O=C(Nc1cnn2cccnc12)c1cccc(Br)c1. The Hall–Kier alpha value is -2.21. The van der Waals surface area contributed by atoms with Gasteiger partial charge in [0.2, 0.25) is 0 Å². The summed E-state index contributed by atoms with van der Waals surface area (Å²) in [7, 11) is 0. The van der Waals surface area contributed by atoms with Gasteiger partial charge in [-0.2, -0.15) is 5.10 Å². The van der Waals surface area contributed by atoms with Gasteiger partial charge in [-0.15, -0.1) is 0 Å². The van der Waals surface area contributed by atoms with Gasteiger partial charge in [-0.05, 0) is 24.3 Å². The summed E-state index contributed by atoms with van der Waals surface area (Å²) in [5, 5.41) is 6.92. The van der Waals surface area contributed by atoms with E-state index in [9.17, 15) is 4.79 Å². The molecule has 1 N–H and O–H groups in total. The number of hydrogen-bond acceptors (Lipinski definition) is 3. The molecule has 0 bridgehead atoms. The van der Waals surface area contributed by atoms with Gasteiger partial charge in [-0.1, -0.05) is 22.0 Å². The Kier molecular flexibility index (Phi) is 3.00. The van der Waals surface area contributed by atoms with Gasteiger partial charge in [0.15, 0.2) is 5.65 Å². The molecular formula is C13H9BrN4O. The van der Waals surface area contributed by atoms with E-state index in [-0.39, 0.29) is 5.91 Å². The normalized spacial score (nSPS) is 10.6. The van der Waals surface area contributed by atoms with E-state index >= 15 is 0 Å². The Balaban J connectivity index is 1.91. The molecule has 19 heavy (non-hydrogen) atoms. The van der Waals surface area contributed by atoms with E-state index in [1.54, 1.807) is 41.3 Å². The van der Waals surface area contributed by atoms with Crippen LogP contribution in [0.25, 0.3) is 5.65 Å². The van der Waals surface area contributed by atoms with Crippen LogP contribution in [0.15, 0.2) is 53.4 Å². The minimum atomic E-state index is -0.193. The number of carbonyl (C=O) groups excluding carboxylic acids is 1. The van der Waals surface area contributed by atoms with Crippen LogP contribution in [0.5, 0.6) is 0 Å². The lowest BCUT2D eigenvalue weighted by Gasteiger charge is -2.03. The standard InChI is InChI=1S/C13H9BrN4O/c14-10-4-1-3-9(7-10)13(19)17-11-8-16-18-6-2-5-15-12(11)18/h1-8H,(H,17,19). The van der Waals surface area contributed by atoms with Gasteiger partial charge < -0.3 is 5.32 Å². The summed E-state index contributed by atoms with van der Waals surface area (Å²) >= 11 is 3.34. The van der Waals surface area contributed by atoms with Crippen LogP contribution in [0.2, 0.25) is 0 Å². The van der Waals surface area contributed by atoms with Crippen LogP contribution in [0, 0.1) is 0 Å². The summed E-state index contributed by atoms with van der Waals surface area (Å²) in [5.41, 5.74) is 1.78. The van der Waals surface area contributed by atoms with Gasteiger partial charge in [0.1, 0.15) is 5.69 Å². The fraction of sp³-hybridized carbons (Fsp3) is 0. The topological polar surface area (TPSA) is 59.3 Å². The quantitative estimate of drug-likeness (QED) is 0.790. The van der Waals surface area contributed by atoms with Gasteiger partial charge in [-0.3, -0.25) is 4.79 Å². The molecular weight excluding hydrogens is 308 g/mol. The molecule has 2 aromatic heterocycles. The molecule has 0 saturated carbocycles. The predicted molar refractivity (Wildman–Crippen MR) is 75.1 cm³/mol. The third kappa shape index (κ3) is 2.34. The maximum absolute atomic E-state index is 12.1. The van der Waals surface area contributed by atoms with Crippen molar-refractivity contribution in [2.24, 2.45) is 0 Å². The highest BCUT2D eigenvalue weighted by Crippen LogP contribution is 2.16. The molecule has 0 aliphatic heterocycles. The first-order chi connectivity index (χ1) is 9.24. The minimum absolute atomic E-state index is 0.193. The largest absolute Gasteiger partial charge is 0.317 e. The predicted octanol–water partition coefficient (Wildman–Crippen LogP) is 2.74. The lowest BCUT2D eigenvalue weighted by molar-refractivity contribution is 0.102. The van der Waals surface area contributed by atoms with Crippen molar-refractivity contribution in [1.82, 2.24) is 14.6 Å². The molecule has 0 unspecified atom stereocenters. The van der Waals surface area contributed by atoms with Crippen LogP contribution < -0.4 is 5.32 Å². The highest BCUT2D eigenvalue weighted by Gasteiger charge is 2.10. The van der Waals surface area contributed by atoms with Crippen molar-refractivity contribution in [1.29, 1.82) is 0 Å². The molecule has 0 aliphatic rings. The van der Waals surface area contributed by atoms with Crippen LogP contribution in [-0.2, 0) is 0 Å². The molecule has 0 atom stereocenters. The lowest BCUT2D eigenvalue weighted by atomic mass is 10.2. The summed E-state index contributed by atoms with van der Waals surface area (Å²) in [6.45, 7) is 0. The van der Waals surface area contributed by atoms with Crippen molar-refractivity contribution >= 4 is 33.2 Å². The molecule has 94 valence electrons. The second kappa shape index (κ2) is 4.81. The van der Waals surface area contributed by atoms with Crippen molar-refractivity contribution < 1.29 is 4.79 Å². The smallest absolute Gasteiger partial charge is 0.255 e. The second-order valence-electron chi connectivity index (χ2n) is 3.91. The summed E-state index contributed by atoms with van der Waals surface area (Å²) in [4.78, 5) is 16.3. The first-order valence-electron chi connectivity index (χ1n) is 5.59. The van der Waals surface area contributed by atoms with Crippen molar-refractivity contribution in [3.63, 3.8) is 0 Å². The fourth-order valence-corrected chi connectivity index (χ4v) is 2.14. The number of nitrogens with zero attached hydrogens (tertiary/aromatic N) is 3. The molecule has 0 spiro atoms. The van der Waals surface area contributed by atoms with E-state index in [1.165, 1.54) is 0 Å². The first kappa shape index (κ1) is 11.9. The monoisotopic (exact) mass is 316 g/mol. The Morgan fingerprint density at radius 2 is 2.21 bits per heavy atom. The van der Waals surface area contributed by atoms with Crippen LogP contribution in [0.3, 0.4) is 0 Å². The molecule has 0 radical (unpaired) electrons. The Labute approximate surface area is 117 Å². The number of benzene rings is 1. The zero-order chi connectivity index (χ0) is 13.2. The first-order valence-corrected chi connectivity index (χ1v) is 6.38. The number of anilines is 1. The molecule has 6 heteroatoms. The molecule has 0 aliphatic carbocycles. The third-order valence-electron chi connectivity index (χ3n) is 2.61. The zero-order valence-electron chi connectivity index (χ0n) is 9.75. The fourth-order valence-electron chi connectivity index (χ4n) is 1.74. The number of nitrogens with one attached hydrogen (secondary N) is 1. The maximum atomic E-state index is 12.1. The molecule has 0 saturated heterocycles. The van der Waals surface area contributed by atoms with E-state index < -0.39 is 0 Å². The van der Waals surface area contributed by atoms with Crippen LogP contribution in [0.4, 0.5) is 5.69 Å². The Morgan fingerprint density at radius 3 is 3.05 bits per heavy atom. The maximum Gasteiger partial charge on any atom is 0.255 e. The highest BCUT2D eigenvalue weighted by atomic mass is 79.9. The summed E-state index contributed by atoms with van der Waals surface area (Å²) in [6, 6.07) is 8.97. The molecule has 2 heterocycles. The van der Waals surface area contributed by atoms with Gasteiger partial charge in [0.05, 0.1) is 6.20 Å². The summed E-state index contributed by atoms with van der Waals surface area (Å²) < 4.78 is 2.47. The van der Waals surface area contributed by atoms with Crippen molar-refractivity contribution in [3.8, 4) is 0 Å². The van der Waals surface area contributed by atoms with Crippen LogP contribution in [0.1, 0.15) is 10.4 Å². The van der Waals surface area contributed by atoms with Gasteiger partial charge >= 0.3 is 0 Å². The average molecular weight is 317 g/mol. The van der Waals surface area contributed by atoms with Crippen LogP contribution >= 0.6 is 15.9 Å². The number of halogens is 1. The Morgan fingerprint density at radius 1 is 1.32 bits per heavy atom. The zero-order valence-corrected chi connectivity index (χ0v) is 11.3. The van der Waals surface area contributed by atoms with E-state index in [0.717, 1.165) is 4.47 Å². The third-order valence-corrected chi connectivity index (χ3v) is 3.11. The van der Waals surface area contributed by atoms with E-state index in [0.29, 0.717) is 16.9 Å². The van der Waals surface area contributed by atoms with Crippen molar-refractivity contribution in [2.75, 3.05) is 5.32 Å². The van der Waals surface area contributed by atoms with E-state index in [2.05, 4.69) is 31.3 Å². The molecule has 1 amide bonds. The van der Waals surface area contributed by atoms with Crippen molar-refractivity contribution in [2.45, 2.75) is 0 Å². The van der Waals surface area contributed by atoms with Gasteiger partial charge in [0.25, 0.3) is 5.91 Å². The second-order valence-corrected chi connectivity index (χ2v) is 4.83. The molecule has 0 fully saturated rings. The lowest BCUT2D eigenvalue weighted by Crippen LogP contribution is -2.11. The van der Waals surface area contributed by atoms with Crippen LogP contribution in [-0.4, -0.2) is 20.5 Å². The number of rotatable bonds is 2. The van der Waals surface area contributed by atoms with Gasteiger partial charge in [-0.25, -0.2) is 9.50 Å². The molecule has 3 aromatic rings. The number of hydrogen-bond donors (Lipinski definition) is 1. The summed E-state index contributed by atoms with van der Waals surface area (Å²) in [5.74, 6) is -0.193. The van der Waals surface area contributed by atoms with Crippen molar-refractivity contribution in [3.05, 3.63) is 59.0 Å². The number of fused-ring (bicyclic) bond motifs is 1. The van der Waals surface area contributed by atoms with E-state index in [1.807, 2.05) is 12.1 Å². The summed E-state index contributed by atoms with van der Waals surface area (Å²) in [6.07, 6.45) is 5.01. The average Bonchev–Trinajstić information content (AvgIpc) is 2.82. The highest BCUT2D eigenvalue weighted by molar-refractivity contribution is 9.10. The number of amides is 1. The van der Waals surface area contributed by atoms with E-state index in [4.69, 9.17) is 0 Å². The number of carbonyl (C=O) groups is 1. The molecule has 3 rings (SSSR count). The molecule has 1 aromatic carbocycles. The Bertz CT molecular complexity index is 753. The minimum Gasteiger partial charge on any atom is -0.317 e. The van der Waals surface area contributed by atoms with Gasteiger partial charge in [0, 0.05) is 22.4 Å². The molecule has 5 nitrogen and oxygen atoms in total.